The number of anilines is 1. The highest BCUT2D eigenvalue weighted by molar-refractivity contribution is 7.89. The zero-order valence-corrected chi connectivity index (χ0v) is 21.4. The van der Waals surface area contributed by atoms with Gasteiger partial charge in [-0.1, -0.05) is 30.6 Å². The van der Waals surface area contributed by atoms with Crippen LogP contribution in [0, 0.1) is 0 Å². The molecule has 0 unspecified atom stereocenters. The fourth-order valence-corrected chi connectivity index (χ4v) is 6.79. The van der Waals surface area contributed by atoms with E-state index in [-0.39, 0.29) is 55.7 Å². The van der Waals surface area contributed by atoms with Crippen molar-refractivity contribution in [3.8, 4) is 5.75 Å². The van der Waals surface area contributed by atoms with Crippen molar-refractivity contribution < 1.29 is 22.7 Å². The molecule has 1 aromatic carbocycles. The molecule has 1 aromatic heterocycles. The summed E-state index contributed by atoms with van der Waals surface area (Å²) in [5, 5.41) is 12.5. The van der Waals surface area contributed by atoms with Crippen molar-refractivity contribution in [1.29, 1.82) is 0 Å². The number of piperazine rings is 1. The summed E-state index contributed by atoms with van der Waals surface area (Å²) in [5.74, 6) is 0.576. The summed E-state index contributed by atoms with van der Waals surface area (Å²) < 4.78 is 32.2. The van der Waals surface area contributed by atoms with Crippen molar-refractivity contribution in [3.63, 3.8) is 0 Å². The normalized spacial score (nSPS) is 17.8. The van der Waals surface area contributed by atoms with Crippen LogP contribution in [-0.2, 0) is 19.6 Å². The number of hydrogen-bond acceptors (Lipinski definition) is 8. The molecule has 2 amide bonds. The van der Waals surface area contributed by atoms with Gasteiger partial charge in [0.1, 0.15) is 10.8 Å². The number of amides is 2. The van der Waals surface area contributed by atoms with E-state index in [1.54, 1.807) is 17.0 Å². The number of nitrogens with zero attached hydrogens (tertiary/aromatic N) is 4. The Bertz CT molecular complexity index is 1120. The van der Waals surface area contributed by atoms with Crippen molar-refractivity contribution >= 4 is 38.3 Å². The van der Waals surface area contributed by atoms with Gasteiger partial charge in [0, 0.05) is 44.9 Å². The van der Waals surface area contributed by atoms with Gasteiger partial charge >= 0.3 is 0 Å². The molecular weight excluding hydrogens is 490 g/mol. The fraction of sp³-hybridized carbons (Fsp3) is 0.565. The minimum atomic E-state index is -3.64. The van der Waals surface area contributed by atoms with Crippen molar-refractivity contribution in [2.24, 2.45) is 0 Å². The van der Waals surface area contributed by atoms with E-state index in [1.165, 1.54) is 54.1 Å². The van der Waals surface area contributed by atoms with Crippen LogP contribution in [-0.4, -0.2) is 72.9 Å². The Kier molecular flexibility index (Phi) is 8.34. The van der Waals surface area contributed by atoms with Gasteiger partial charge in [0.2, 0.25) is 27.0 Å². The van der Waals surface area contributed by atoms with Crippen LogP contribution < -0.4 is 10.1 Å². The molecule has 2 aromatic rings. The van der Waals surface area contributed by atoms with Crippen molar-refractivity contribution in [2.45, 2.75) is 55.8 Å². The van der Waals surface area contributed by atoms with Crippen LogP contribution in [0.15, 0.2) is 29.2 Å². The summed E-state index contributed by atoms with van der Waals surface area (Å²) in [5.41, 5.74) is 0. The lowest BCUT2D eigenvalue weighted by Crippen LogP contribution is -2.50. The molecule has 0 atom stereocenters. The number of nitrogens with one attached hydrogen (secondary N) is 1. The lowest BCUT2D eigenvalue weighted by Gasteiger charge is -2.34. The van der Waals surface area contributed by atoms with Gasteiger partial charge in [-0.25, -0.2) is 8.42 Å². The standard InChI is InChI=1S/C23H31N5O5S2/c1-33-18-7-9-19(10-8-18)35(31,32)28-15-13-27(14-16-28)21(30)12-11-20(29)24-23-26-25-22(34-23)17-5-3-2-4-6-17/h7-10,17H,2-6,11-16H2,1H3,(H,24,26,29). The zero-order valence-electron chi connectivity index (χ0n) is 19.8. The summed E-state index contributed by atoms with van der Waals surface area (Å²) in [6.45, 7) is 0.996. The molecule has 0 radical (unpaired) electrons. The molecule has 2 fully saturated rings. The van der Waals surface area contributed by atoms with E-state index in [4.69, 9.17) is 4.74 Å². The highest BCUT2D eigenvalue weighted by Crippen LogP contribution is 2.35. The minimum absolute atomic E-state index is 0.0432. The smallest absolute Gasteiger partial charge is 0.243 e. The molecule has 35 heavy (non-hydrogen) atoms. The molecule has 2 heterocycles. The second-order valence-electron chi connectivity index (χ2n) is 8.79. The van der Waals surface area contributed by atoms with Gasteiger partial charge in [-0.15, -0.1) is 10.2 Å². The molecule has 12 heteroatoms. The summed E-state index contributed by atoms with van der Waals surface area (Å²) in [4.78, 5) is 26.7. The maximum Gasteiger partial charge on any atom is 0.243 e. The van der Waals surface area contributed by atoms with Gasteiger partial charge in [0.25, 0.3) is 0 Å². The number of methoxy groups -OCH3 is 1. The maximum absolute atomic E-state index is 12.9. The van der Waals surface area contributed by atoms with E-state index in [0.717, 1.165) is 17.8 Å². The third-order valence-corrected chi connectivity index (χ3v) is 9.41. The van der Waals surface area contributed by atoms with Gasteiger partial charge in [0.05, 0.1) is 12.0 Å². The first-order valence-corrected chi connectivity index (χ1v) is 14.2. The predicted octanol–water partition coefficient (Wildman–Crippen LogP) is 2.85. The lowest BCUT2D eigenvalue weighted by molar-refractivity contribution is -0.133. The van der Waals surface area contributed by atoms with Crippen LogP contribution in [0.1, 0.15) is 55.9 Å². The molecule has 0 bridgehead atoms. The van der Waals surface area contributed by atoms with E-state index in [1.807, 2.05) is 0 Å². The van der Waals surface area contributed by atoms with Crippen LogP contribution in [0.2, 0.25) is 0 Å². The van der Waals surface area contributed by atoms with Crippen LogP contribution >= 0.6 is 11.3 Å². The fourth-order valence-electron chi connectivity index (χ4n) is 4.43. The first-order valence-electron chi connectivity index (χ1n) is 11.9. The van der Waals surface area contributed by atoms with E-state index in [0.29, 0.717) is 16.8 Å². The predicted molar refractivity (Wildman–Crippen MR) is 132 cm³/mol. The number of aromatic nitrogens is 2. The molecule has 1 aliphatic carbocycles. The second kappa shape index (κ2) is 11.4. The Morgan fingerprint density at radius 2 is 1.71 bits per heavy atom. The Balaban J connectivity index is 1.21. The van der Waals surface area contributed by atoms with Crippen LogP contribution in [0.4, 0.5) is 5.13 Å². The zero-order chi connectivity index (χ0) is 24.8. The first-order chi connectivity index (χ1) is 16.9. The third-order valence-electron chi connectivity index (χ3n) is 6.50. The van der Waals surface area contributed by atoms with E-state index < -0.39 is 10.0 Å². The van der Waals surface area contributed by atoms with Gasteiger partial charge in [0.15, 0.2) is 0 Å². The number of rotatable bonds is 8. The Labute approximate surface area is 209 Å². The molecule has 1 aliphatic heterocycles. The van der Waals surface area contributed by atoms with Crippen molar-refractivity contribution in [3.05, 3.63) is 29.3 Å². The van der Waals surface area contributed by atoms with Gasteiger partial charge in [-0.2, -0.15) is 4.31 Å². The van der Waals surface area contributed by atoms with Gasteiger partial charge in [-0.05, 0) is 37.1 Å². The number of carbonyl (C=O) groups is 2. The Morgan fingerprint density at radius 3 is 2.37 bits per heavy atom. The van der Waals surface area contributed by atoms with Crippen LogP contribution in [0.3, 0.4) is 0 Å². The largest absolute Gasteiger partial charge is 0.497 e. The molecule has 1 saturated carbocycles. The van der Waals surface area contributed by atoms with Crippen LogP contribution in [0.25, 0.3) is 0 Å². The molecular formula is C23H31N5O5S2. The molecule has 1 N–H and O–H groups in total. The summed E-state index contributed by atoms with van der Waals surface area (Å²) in [6, 6.07) is 6.24. The highest BCUT2D eigenvalue weighted by Gasteiger charge is 2.30. The van der Waals surface area contributed by atoms with E-state index in [2.05, 4.69) is 15.5 Å². The second-order valence-corrected chi connectivity index (χ2v) is 11.7. The molecule has 10 nitrogen and oxygen atoms in total. The maximum atomic E-state index is 12.9. The number of benzene rings is 1. The van der Waals surface area contributed by atoms with Gasteiger partial charge < -0.3 is 15.0 Å². The third kappa shape index (κ3) is 6.36. The number of ether oxygens (including phenoxy) is 1. The quantitative estimate of drug-likeness (QED) is 0.567. The molecule has 4 rings (SSSR count). The monoisotopic (exact) mass is 521 g/mol. The first kappa shape index (κ1) is 25.5. The molecule has 2 aliphatic rings. The minimum Gasteiger partial charge on any atom is -0.497 e. The van der Waals surface area contributed by atoms with E-state index >= 15 is 0 Å². The van der Waals surface area contributed by atoms with Crippen molar-refractivity contribution in [1.82, 2.24) is 19.4 Å². The SMILES string of the molecule is COc1ccc(S(=O)(=O)N2CCN(C(=O)CCC(=O)Nc3nnc(C4CCCCC4)s3)CC2)cc1. The number of hydrogen-bond donors (Lipinski definition) is 1. The molecule has 0 spiro atoms. The average molecular weight is 522 g/mol. The van der Waals surface area contributed by atoms with Crippen LogP contribution in [0.5, 0.6) is 5.75 Å². The highest BCUT2D eigenvalue weighted by atomic mass is 32.2. The van der Waals surface area contributed by atoms with Crippen molar-refractivity contribution in [2.75, 3.05) is 38.6 Å². The number of carbonyl (C=O) groups excluding carboxylic acids is 2. The molecule has 1 saturated heterocycles. The Morgan fingerprint density at radius 1 is 1.03 bits per heavy atom. The molecule has 190 valence electrons. The van der Waals surface area contributed by atoms with Gasteiger partial charge in [-0.3, -0.25) is 9.59 Å². The summed E-state index contributed by atoms with van der Waals surface area (Å²) >= 11 is 1.41. The van der Waals surface area contributed by atoms with E-state index in [9.17, 15) is 18.0 Å². The topological polar surface area (TPSA) is 122 Å². The number of sulfonamides is 1. The summed E-state index contributed by atoms with van der Waals surface area (Å²) in [7, 11) is -2.12. The Hall–Kier alpha value is -2.57. The lowest BCUT2D eigenvalue weighted by atomic mass is 9.90. The summed E-state index contributed by atoms with van der Waals surface area (Å²) in [6.07, 6.45) is 6.01. The average Bonchev–Trinajstić information content (AvgIpc) is 3.36.